The number of hydrogen-bond acceptors (Lipinski definition) is 7. The molecule has 0 spiro atoms. The number of Topliss-reactive ketones (excluding diaryl/α,β-unsaturated/α-hetero) is 1. The lowest BCUT2D eigenvalue weighted by atomic mass is 10.2. The molecule has 7 heteroatoms. The second-order valence-corrected chi connectivity index (χ2v) is 3.01. The van der Waals surface area contributed by atoms with Crippen molar-refractivity contribution in [3.05, 3.63) is 0 Å². The first kappa shape index (κ1) is 12.2. The van der Waals surface area contributed by atoms with Gasteiger partial charge in [0.1, 0.15) is 18.6 Å². The van der Waals surface area contributed by atoms with Crippen molar-refractivity contribution in [3.8, 4) is 0 Å². The van der Waals surface area contributed by atoms with E-state index in [1.807, 2.05) is 0 Å². The van der Waals surface area contributed by atoms with Crippen molar-refractivity contribution in [1.29, 1.82) is 0 Å². The lowest BCUT2D eigenvalue weighted by molar-refractivity contribution is -0.170. The number of ketones is 1. The molecule has 0 unspecified atom stereocenters. The Labute approximate surface area is 90.6 Å². The molecule has 1 aliphatic rings. The van der Waals surface area contributed by atoms with Gasteiger partial charge in [-0.25, -0.2) is 0 Å². The van der Waals surface area contributed by atoms with E-state index in [2.05, 4.69) is 14.2 Å². The summed E-state index contributed by atoms with van der Waals surface area (Å²) in [6.45, 7) is -0.754. The first-order valence-corrected chi connectivity index (χ1v) is 4.56. The van der Waals surface area contributed by atoms with Crippen LogP contribution in [0.4, 0.5) is 0 Å². The monoisotopic (exact) mass is 230 g/mol. The van der Waals surface area contributed by atoms with Crippen LogP contribution >= 0.6 is 0 Å². The van der Waals surface area contributed by atoms with E-state index >= 15 is 0 Å². The van der Waals surface area contributed by atoms with Crippen LogP contribution < -0.4 is 0 Å². The molecule has 0 aliphatic carbocycles. The molecule has 0 aromatic heterocycles. The van der Waals surface area contributed by atoms with Crippen LogP contribution in [0.25, 0.3) is 0 Å². The maximum absolute atomic E-state index is 11.1. The Morgan fingerprint density at radius 1 is 0.750 bits per heavy atom. The number of hydrogen-bond donors (Lipinski definition) is 0. The van der Waals surface area contributed by atoms with E-state index in [0.717, 1.165) is 0 Å². The van der Waals surface area contributed by atoms with Crippen LogP contribution in [-0.4, -0.2) is 37.1 Å². The van der Waals surface area contributed by atoms with Crippen molar-refractivity contribution < 1.29 is 33.4 Å². The molecule has 0 aromatic carbocycles. The van der Waals surface area contributed by atoms with Gasteiger partial charge in [0.25, 0.3) is 0 Å². The highest BCUT2D eigenvalue weighted by molar-refractivity contribution is 5.96. The third-order valence-electron chi connectivity index (χ3n) is 1.71. The maximum atomic E-state index is 11.1. The molecule has 16 heavy (non-hydrogen) atoms. The Hall–Kier alpha value is -1.92. The van der Waals surface area contributed by atoms with Crippen LogP contribution in [0.15, 0.2) is 0 Å². The molecule has 1 aliphatic heterocycles. The molecule has 0 amide bonds. The Morgan fingerprint density at radius 3 is 2.00 bits per heavy atom. The first-order valence-electron chi connectivity index (χ1n) is 4.56. The van der Waals surface area contributed by atoms with E-state index in [4.69, 9.17) is 0 Å². The summed E-state index contributed by atoms with van der Waals surface area (Å²) in [6, 6.07) is 0. The fourth-order valence-corrected chi connectivity index (χ4v) is 0.960. The van der Waals surface area contributed by atoms with Gasteiger partial charge in [0.15, 0.2) is 0 Å². The number of rotatable bonds is 0. The highest BCUT2D eigenvalue weighted by Gasteiger charge is 2.17. The van der Waals surface area contributed by atoms with E-state index < -0.39 is 43.3 Å². The van der Waals surface area contributed by atoms with Gasteiger partial charge in [0.05, 0.1) is 6.61 Å². The van der Waals surface area contributed by atoms with Crippen LogP contribution in [0.5, 0.6) is 0 Å². The molecule has 88 valence electrons. The standard InChI is InChI=1S/C9H10O7/c10-6-1-2-14-8(12)4-9(13)16-5-15-7(11)3-6/h1-5H2. The summed E-state index contributed by atoms with van der Waals surface area (Å²) in [4.78, 5) is 43.9. The number of carbonyl (C=O) groups excluding carboxylic acids is 4. The Kier molecular flexibility index (Phi) is 4.43. The fraction of sp³-hybridized carbons (Fsp3) is 0.556. The minimum atomic E-state index is -0.843. The lowest BCUT2D eigenvalue weighted by Crippen LogP contribution is -2.21. The average Bonchev–Trinajstić information content (AvgIpc) is 2.15. The zero-order valence-electron chi connectivity index (χ0n) is 8.39. The van der Waals surface area contributed by atoms with Crippen LogP contribution in [0.2, 0.25) is 0 Å². The maximum Gasteiger partial charge on any atom is 0.320 e. The second kappa shape index (κ2) is 5.84. The van der Waals surface area contributed by atoms with Crippen molar-refractivity contribution in [1.82, 2.24) is 0 Å². The van der Waals surface area contributed by atoms with Crippen molar-refractivity contribution in [2.24, 2.45) is 0 Å². The highest BCUT2D eigenvalue weighted by atomic mass is 16.7. The molecule has 7 nitrogen and oxygen atoms in total. The van der Waals surface area contributed by atoms with Gasteiger partial charge in [-0.15, -0.1) is 0 Å². The van der Waals surface area contributed by atoms with Gasteiger partial charge >= 0.3 is 17.9 Å². The molecule has 0 aromatic rings. The molecule has 0 N–H and O–H groups in total. The molecular formula is C9H10O7. The Balaban J connectivity index is 2.52. The van der Waals surface area contributed by atoms with Crippen molar-refractivity contribution >= 4 is 23.7 Å². The van der Waals surface area contributed by atoms with Gasteiger partial charge in [-0.1, -0.05) is 0 Å². The predicted molar refractivity (Wildman–Crippen MR) is 46.9 cm³/mol. The molecule has 0 radical (unpaired) electrons. The van der Waals surface area contributed by atoms with Crippen LogP contribution in [0, 0.1) is 0 Å². The van der Waals surface area contributed by atoms with Gasteiger partial charge in [0.2, 0.25) is 6.79 Å². The molecule has 1 heterocycles. The summed E-state index contributed by atoms with van der Waals surface area (Å²) in [6.07, 6.45) is -1.06. The Bertz CT molecular complexity index is 260. The van der Waals surface area contributed by atoms with Crippen molar-refractivity contribution in [2.45, 2.75) is 19.3 Å². The van der Waals surface area contributed by atoms with Gasteiger partial charge in [-0.3, -0.25) is 19.2 Å². The first-order chi connectivity index (χ1) is 7.58. The Morgan fingerprint density at radius 2 is 1.31 bits per heavy atom. The number of esters is 3. The molecule has 0 bridgehead atoms. The third-order valence-corrected chi connectivity index (χ3v) is 1.71. The van der Waals surface area contributed by atoms with Gasteiger partial charge in [-0.2, -0.15) is 0 Å². The van der Waals surface area contributed by atoms with Crippen LogP contribution in [-0.2, 0) is 33.4 Å². The zero-order chi connectivity index (χ0) is 12.0. The molecule has 1 saturated heterocycles. The van der Waals surface area contributed by atoms with E-state index in [-0.39, 0.29) is 13.0 Å². The van der Waals surface area contributed by atoms with E-state index in [0.29, 0.717) is 0 Å². The van der Waals surface area contributed by atoms with E-state index in [1.165, 1.54) is 0 Å². The molecular weight excluding hydrogens is 220 g/mol. The number of carbonyl (C=O) groups is 4. The minimum Gasteiger partial charge on any atom is -0.465 e. The summed E-state index contributed by atoms with van der Waals surface area (Å²) in [5, 5.41) is 0. The van der Waals surface area contributed by atoms with Gasteiger partial charge in [-0.05, 0) is 0 Å². The van der Waals surface area contributed by atoms with Gasteiger partial charge < -0.3 is 14.2 Å². The largest absolute Gasteiger partial charge is 0.465 e. The fourth-order valence-electron chi connectivity index (χ4n) is 0.960. The average molecular weight is 230 g/mol. The minimum absolute atomic E-state index is 0.0735. The second-order valence-electron chi connectivity index (χ2n) is 3.01. The molecule has 0 atom stereocenters. The van der Waals surface area contributed by atoms with Crippen molar-refractivity contribution in [2.75, 3.05) is 13.4 Å². The predicted octanol–water partition coefficient (Wildman–Crippen LogP) is -0.674. The van der Waals surface area contributed by atoms with E-state index in [9.17, 15) is 19.2 Å². The molecule has 1 rings (SSSR count). The SMILES string of the molecule is O=C1CCOC(=O)CC(=O)OCOC(=O)C1. The molecule has 0 saturated carbocycles. The highest BCUT2D eigenvalue weighted by Crippen LogP contribution is 1.99. The summed E-state index contributed by atoms with van der Waals surface area (Å²) in [7, 11) is 0. The van der Waals surface area contributed by atoms with Gasteiger partial charge in [0, 0.05) is 6.42 Å². The van der Waals surface area contributed by atoms with E-state index in [1.54, 1.807) is 0 Å². The van der Waals surface area contributed by atoms with Crippen LogP contribution in [0.3, 0.4) is 0 Å². The summed E-state index contributed by atoms with van der Waals surface area (Å²) in [5.41, 5.74) is 0. The summed E-state index contributed by atoms with van der Waals surface area (Å²) in [5.74, 6) is -2.79. The van der Waals surface area contributed by atoms with Crippen LogP contribution in [0.1, 0.15) is 19.3 Å². The topological polar surface area (TPSA) is 96.0 Å². The lowest BCUT2D eigenvalue weighted by Gasteiger charge is -2.08. The molecule has 1 fully saturated rings. The van der Waals surface area contributed by atoms with Crippen molar-refractivity contribution in [3.63, 3.8) is 0 Å². The third kappa shape index (κ3) is 4.54. The summed E-state index contributed by atoms with van der Waals surface area (Å²) < 4.78 is 13.4. The quantitative estimate of drug-likeness (QED) is 0.402. The smallest absolute Gasteiger partial charge is 0.320 e. The summed E-state index contributed by atoms with van der Waals surface area (Å²) >= 11 is 0. The normalized spacial score (nSPS) is 20.0. The number of ether oxygens (including phenoxy) is 3. The number of cyclic esters (lactones) is 3. The zero-order valence-corrected chi connectivity index (χ0v) is 8.39.